The molecule has 6 nitrogen and oxygen atoms in total. The third kappa shape index (κ3) is 2.85. The van der Waals surface area contributed by atoms with Gasteiger partial charge in [-0.3, -0.25) is 14.5 Å². The monoisotopic (exact) mass is 263 g/mol. The Hall–Kier alpha value is -2.08. The van der Waals surface area contributed by atoms with Crippen molar-refractivity contribution in [2.24, 2.45) is 11.5 Å². The summed E-state index contributed by atoms with van der Waals surface area (Å²) in [6, 6.07) is 5.16. The largest absolute Gasteiger partial charge is 0.508 e. The third-order valence-electron chi connectivity index (χ3n) is 3.37. The molecule has 0 saturated heterocycles. The molecule has 0 saturated carbocycles. The van der Waals surface area contributed by atoms with Gasteiger partial charge in [0.25, 0.3) is 0 Å². The predicted molar refractivity (Wildman–Crippen MR) is 69.1 cm³/mol. The van der Waals surface area contributed by atoms with Crippen LogP contribution in [-0.4, -0.2) is 34.9 Å². The number of nitrogens with two attached hydrogens (primary N) is 2. The van der Waals surface area contributed by atoms with Gasteiger partial charge in [0, 0.05) is 6.04 Å². The Labute approximate surface area is 111 Å². The molecule has 102 valence electrons. The van der Waals surface area contributed by atoms with Gasteiger partial charge >= 0.3 is 0 Å². The second-order valence-electron chi connectivity index (χ2n) is 4.74. The molecule has 1 aromatic carbocycles. The number of phenols is 1. The van der Waals surface area contributed by atoms with Gasteiger partial charge in [0.15, 0.2) is 0 Å². The van der Waals surface area contributed by atoms with E-state index in [1.807, 2.05) is 6.07 Å². The number of rotatable bonds is 5. The van der Waals surface area contributed by atoms with Crippen LogP contribution in [0.15, 0.2) is 18.2 Å². The predicted octanol–water partition coefficient (Wildman–Crippen LogP) is -0.348. The molecule has 1 aliphatic rings. The second kappa shape index (κ2) is 5.27. The maximum absolute atomic E-state index is 11.1. The molecular weight excluding hydrogens is 246 g/mol. The van der Waals surface area contributed by atoms with Crippen LogP contribution < -0.4 is 11.5 Å². The average molecular weight is 263 g/mol. The van der Waals surface area contributed by atoms with Crippen LogP contribution in [0, 0.1) is 0 Å². The SMILES string of the molecule is NC(=O)CN(CC(N)=O)C1CCc2c(O)cccc21. The number of amides is 2. The minimum absolute atomic E-state index is 0.0251. The Kier molecular flexibility index (Phi) is 3.71. The van der Waals surface area contributed by atoms with Crippen molar-refractivity contribution in [1.82, 2.24) is 4.90 Å². The van der Waals surface area contributed by atoms with Crippen molar-refractivity contribution >= 4 is 11.8 Å². The zero-order valence-corrected chi connectivity index (χ0v) is 10.5. The van der Waals surface area contributed by atoms with Crippen LogP contribution in [0.2, 0.25) is 0 Å². The van der Waals surface area contributed by atoms with Crippen LogP contribution in [0.1, 0.15) is 23.6 Å². The number of hydrogen-bond donors (Lipinski definition) is 3. The number of nitrogens with zero attached hydrogens (tertiary/aromatic N) is 1. The fraction of sp³-hybridized carbons (Fsp3) is 0.385. The highest BCUT2D eigenvalue weighted by atomic mass is 16.3. The van der Waals surface area contributed by atoms with Crippen molar-refractivity contribution in [3.05, 3.63) is 29.3 Å². The molecule has 2 rings (SSSR count). The zero-order valence-electron chi connectivity index (χ0n) is 10.5. The molecule has 2 amide bonds. The number of carbonyl (C=O) groups is 2. The molecule has 5 N–H and O–H groups in total. The fourth-order valence-corrected chi connectivity index (χ4v) is 2.67. The van der Waals surface area contributed by atoms with Crippen molar-refractivity contribution in [1.29, 1.82) is 0 Å². The van der Waals surface area contributed by atoms with E-state index in [0.29, 0.717) is 6.42 Å². The number of carbonyl (C=O) groups excluding carboxylic acids is 2. The van der Waals surface area contributed by atoms with Crippen molar-refractivity contribution < 1.29 is 14.7 Å². The highest BCUT2D eigenvalue weighted by Crippen LogP contribution is 2.39. The quantitative estimate of drug-likeness (QED) is 0.674. The van der Waals surface area contributed by atoms with Gasteiger partial charge in [-0.25, -0.2) is 0 Å². The molecule has 0 spiro atoms. The highest BCUT2D eigenvalue weighted by Gasteiger charge is 2.30. The molecule has 0 bridgehead atoms. The van der Waals surface area contributed by atoms with Gasteiger partial charge in [0.1, 0.15) is 5.75 Å². The Morgan fingerprint density at radius 1 is 1.26 bits per heavy atom. The first kappa shape index (κ1) is 13.4. The molecule has 0 aliphatic heterocycles. The fourth-order valence-electron chi connectivity index (χ4n) is 2.67. The van der Waals surface area contributed by atoms with Crippen molar-refractivity contribution in [2.75, 3.05) is 13.1 Å². The summed E-state index contributed by atoms with van der Waals surface area (Å²) in [4.78, 5) is 23.9. The van der Waals surface area contributed by atoms with Crippen LogP contribution in [0.4, 0.5) is 0 Å². The zero-order chi connectivity index (χ0) is 14.0. The van der Waals surface area contributed by atoms with Crippen LogP contribution in [0.5, 0.6) is 5.75 Å². The standard InChI is InChI=1S/C13H17N3O3/c14-12(18)6-16(7-13(15)19)10-5-4-9-8(10)2-1-3-11(9)17/h1-3,10,17H,4-7H2,(H2,14,18)(H2,15,19). The molecule has 6 heteroatoms. The first-order chi connectivity index (χ1) is 8.99. The minimum Gasteiger partial charge on any atom is -0.508 e. The van der Waals surface area contributed by atoms with E-state index in [1.165, 1.54) is 0 Å². The van der Waals surface area contributed by atoms with E-state index in [4.69, 9.17) is 11.5 Å². The summed E-state index contributed by atoms with van der Waals surface area (Å²) < 4.78 is 0. The van der Waals surface area contributed by atoms with Gasteiger partial charge < -0.3 is 16.6 Å². The summed E-state index contributed by atoms with van der Waals surface area (Å²) in [5.74, 6) is -0.761. The maximum atomic E-state index is 11.1. The molecule has 0 aromatic heterocycles. The number of fused-ring (bicyclic) bond motifs is 1. The minimum atomic E-state index is -0.505. The highest BCUT2D eigenvalue weighted by molar-refractivity contribution is 5.79. The first-order valence-electron chi connectivity index (χ1n) is 6.10. The molecule has 19 heavy (non-hydrogen) atoms. The maximum Gasteiger partial charge on any atom is 0.231 e. The number of primary amides is 2. The molecule has 0 heterocycles. The summed E-state index contributed by atoms with van der Waals surface area (Å²) in [5.41, 5.74) is 12.2. The van der Waals surface area contributed by atoms with Crippen molar-refractivity contribution in [3.63, 3.8) is 0 Å². The molecular formula is C13H17N3O3. The average Bonchev–Trinajstić information content (AvgIpc) is 2.72. The van der Waals surface area contributed by atoms with E-state index in [2.05, 4.69) is 0 Å². The number of phenolic OH excluding ortho intramolecular Hbond substituents is 1. The van der Waals surface area contributed by atoms with Crippen molar-refractivity contribution in [3.8, 4) is 5.75 Å². The van der Waals surface area contributed by atoms with E-state index < -0.39 is 11.8 Å². The van der Waals surface area contributed by atoms with Gasteiger partial charge in [-0.2, -0.15) is 0 Å². The third-order valence-corrected chi connectivity index (χ3v) is 3.37. The van der Waals surface area contributed by atoms with Gasteiger partial charge in [-0.1, -0.05) is 12.1 Å². The second-order valence-corrected chi connectivity index (χ2v) is 4.74. The molecule has 0 radical (unpaired) electrons. The molecule has 1 atom stereocenters. The Balaban J connectivity index is 2.27. The normalized spacial score (nSPS) is 17.4. The van der Waals surface area contributed by atoms with E-state index >= 15 is 0 Å². The lowest BCUT2D eigenvalue weighted by Crippen LogP contribution is -2.41. The van der Waals surface area contributed by atoms with Gasteiger partial charge in [0.2, 0.25) is 11.8 Å². The molecule has 1 aromatic rings. The van der Waals surface area contributed by atoms with Crippen LogP contribution >= 0.6 is 0 Å². The lowest BCUT2D eigenvalue weighted by Gasteiger charge is -2.27. The Bertz CT molecular complexity index is 500. The summed E-state index contributed by atoms with van der Waals surface area (Å²) in [6.07, 6.45) is 1.44. The van der Waals surface area contributed by atoms with Crippen molar-refractivity contribution in [2.45, 2.75) is 18.9 Å². The van der Waals surface area contributed by atoms with Gasteiger partial charge in [-0.05, 0) is 30.0 Å². The number of aromatic hydroxyl groups is 1. The number of hydrogen-bond acceptors (Lipinski definition) is 4. The summed E-state index contributed by atoms with van der Waals surface area (Å²) in [7, 11) is 0. The molecule has 0 fully saturated rings. The molecule has 1 unspecified atom stereocenters. The lowest BCUT2D eigenvalue weighted by molar-refractivity contribution is -0.122. The summed E-state index contributed by atoms with van der Waals surface area (Å²) in [6.45, 7) is -0.0502. The Morgan fingerprint density at radius 3 is 2.47 bits per heavy atom. The van der Waals surface area contributed by atoms with Crippen LogP contribution in [0.25, 0.3) is 0 Å². The first-order valence-corrected chi connectivity index (χ1v) is 6.10. The topological polar surface area (TPSA) is 110 Å². The van der Waals surface area contributed by atoms with Crippen LogP contribution in [-0.2, 0) is 16.0 Å². The smallest absolute Gasteiger partial charge is 0.231 e. The van der Waals surface area contributed by atoms with Gasteiger partial charge in [0.05, 0.1) is 13.1 Å². The number of benzene rings is 1. The van der Waals surface area contributed by atoms with Gasteiger partial charge in [-0.15, -0.1) is 0 Å². The van der Waals surface area contributed by atoms with E-state index in [-0.39, 0.29) is 24.9 Å². The van der Waals surface area contributed by atoms with E-state index in [0.717, 1.165) is 17.5 Å². The summed E-state index contributed by atoms with van der Waals surface area (Å²) >= 11 is 0. The lowest BCUT2D eigenvalue weighted by atomic mass is 10.1. The van der Waals surface area contributed by atoms with E-state index in [9.17, 15) is 14.7 Å². The summed E-state index contributed by atoms with van der Waals surface area (Å²) in [5, 5.41) is 9.79. The molecule has 1 aliphatic carbocycles. The Morgan fingerprint density at radius 2 is 1.89 bits per heavy atom. The van der Waals surface area contributed by atoms with Crippen LogP contribution in [0.3, 0.4) is 0 Å². The van der Waals surface area contributed by atoms with E-state index in [1.54, 1.807) is 17.0 Å².